The molecule has 2 aromatic heterocycles. The van der Waals surface area contributed by atoms with Crippen LogP contribution in [0.5, 0.6) is 0 Å². The standard InChI is InChI=1S/C11H15N5O4.C2HF3O2/c1-11(8(19)7(18)5(2-17)20-11)16-4-15-6-9(12)13-3-14-10(6)16;3-2(4,5)1(6)7/h3-5,7-8,17-19H,2H2,1H3,(H2,12,13,14);(H,6,7)/t5-,7-,8-,11-;/m1./s1. The van der Waals surface area contributed by atoms with Crippen molar-refractivity contribution in [3.63, 3.8) is 0 Å². The lowest BCUT2D eigenvalue weighted by atomic mass is 10.0. The minimum atomic E-state index is -5.08. The highest BCUT2D eigenvalue weighted by Crippen LogP contribution is 2.37. The number of aliphatic carboxylic acids is 1. The van der Waals surface area contributed by atoms with Gasteiger partial charge in [0.2, 0.25) is 0 Å². The van der Waals surface area contributed by atoms with E-state index >= 15 is 0 Å². The van der Waals surface area contributed by atoms with Crippen molar-refractivity contribution in [2.24, 2.45) is 0 Å². The maximum atomic E-state index is 10.6. The van der Waals surface area contributed by atoms with E-state index in [-0.39, 0.29) is 5.82 Å². The van der Waals surface area contributed by atoms with E-state index in [1.165, 1.54) is 17.2 Å². The summed E-state index contributed by atoms with van der Waals surface area (Å²) < 4.78 is 38.8. The third-order valence-electron chi connectivity index (χ3n) is 3.91. The van der Waals surface area contributed by atoms with E-state index in [1.54, 1.807) is 6.92 Å². The van der Waals surface area contributed by atoms with Gasteiger partial charge in [0.05, 0.1) is 12.9 Å². The zero-order valence-electron chi connectivity index (χ0n) is 13.7. The largest absolute Gasteiger partial charge is 0.490 e. The summed E-state index contributed by atoms with van der Waals surface area (Å²) in [5.74, 6) is -2.54. The van der Waals surface area contributed by atoms with E-state index in [9.17, 15) is 28.5 Å². The molecule has 6 N–H and O–H groups in total. The van der Waals surface area contributed by atoms with Crippen LogP contribution in [-0.2, 0) is 15.3 Å². The molecule has 0 radical (unpaired) electrons. The van der Waals surface area contributed by atoms with Gasteiger partial charge in [-0.05, 0) is 6.92 Å². The molecule has 3 heterocycles. The number of fused-ring (bicyclic) bond motifs is 1. The van der Waals surface area contributed by atoms with Crippen molar-refractivity contribution in [1.82, 2.24) is 19.5 Å². The fourth-order valence-corrected chi connectivity index (χ4v) is 2.49. The number of ether oxygens (including phenoxy) is 1. The summed E-state index contributed by atoms with van der Waals surface area (Å²) in [4.78, 5) is 20.9. The Morgan fingerprint density at radius 3 is 2.44 bits per heavy atom. The number of anilines is 1. The number of carboxylic acids is 1. The van der Waals surface area contributed by atoms with Crippen molar-refractivity contribution in [2.45, 2.75) is 37.1 Å². The average molecular weight is 395 g/mol. The first-order valence-electron chi connectivity index (χ1n) is 7.32. The highest BCUT2D eigenvalue weighted by Gasteiger charge is 2.52. The molecule has 3 rings (SSSR count). The summed E-state index contributed by atoms with van der Waals surface area (Å²) in [6.07, 6.45) is -5.73. The first-order valence-corrected chi connectivity index (χ1v) is 7.32. The Morgan fingerprint density at radius 2 is 1.96 bits per heavy atom. The fourth-order valence-electron chi connectivity index (χ4n) is 2.49. The molecule has 1 saturated heterocycles. The van der Waals surface area contributed by atoms with Gasteiger partial charge in [-0.2, -0.15) is 13.2 Å². The molecule has 0 amide bonds. The van der Waals surface area contributed by atoms with E-state index in [1.807, 2.05) is 0 Å². The number of aromatic nitrogens is 4. The SMILES string of the molecule is C[C@@]1(n2cnc3c(N)ncnc32)O[C@H](CO)[C@@H](O)[C@H]1O.O=C(O)C(F)(F)F. The number of carboxylic acid groups (broad SMARTS) is 1. The lowest BCUT2D eigenvalue weighted by Crippen LogP contribution is -2.43. The minimum Gasteiger partial charge on any atom is -0.475 e. The van der Waals surface area contributed by atoms with E-state index in [4.69, 9.17) is 20.4 Å². The molecule has 0 aliphatic carbocycles. The molecule has 0 spiro atoms. The van der Waals surface area contributed by atoms with Crippen LogP contribution in [0.25, 0.3) is 11.2 Å². The van der Waals surface area contributed by atoms with Crippen LogP contribution in [0.3, 0.4) is 0 Å². The van der Waals surface area contributed by atoms with Crippen LogP contribution in [0.4, 0.5) is 19.0 Å². The molecule has 1 fully saturated rings. The number of hydrogen-bond donors (Lipinski definition) is 5. The van der Waals surface area contributed by atoms with Gasteiger partial charge in [0.1, 0.15) is 30.2 Å². The second-order valence-electron chi connectivity index (χ2n) is 5.68. The molecular formula is C13H16F3N5O6. The molecule has 2 aromatic rings. The molecule has 14 heteroatoms. The molecule has 0 unspecified atom stereocenters. The van der Waals surface area contributed by atoms with Crippen molar-refractivity contribution >= 4 is 23.0 Å². The fraction of sp³-hybridized carbons (Fsp3) is 0.538. The Morgan fingerprint density at radius 1 is 1.37 bits per heavy atom. The number of halogens is 3. The molecule has 27 heavy (non-hydrogen) atoms. The van der Waals surface area contributed by atoms with Gasteiger partial charge in [-0.15, -0.1) is 0 Å². The number of aliphatic hydroxyl groups excluding tert-OH is 3. The van der Waals surface area contributed by atoms with Crippen LogP contribution < -0.4 is 5.73 Å². The number of imidazole rings is 1. The predicted octanol–water partition coefficient (Wildman–Crippen LogP) is -1.17. The summed E-state index contributed by atoms with van der Waals surface area (Å²) >= 11 is 0. The van der Waals surface area contributed by atoms with Crippen LogP contribution in [0.2, 0.25) is 0 Å². The number of nitrogens with zero attached hydrogens (tertiary/aromatic N) is 4. The number of aliphatic hydroxyl groups is 3. The Hall–Kier alpha value is -2.55. The maximum absolute atomic E-state index is 10.6. The molecular weight excluding hydrogens is 379 g/mol. The summed E-state index contributed by atoms with van der Waals surface area (Å²) in [6.45, 7) is 1.17. The monoisotopic (exact) mass is 395 g/mol. The second-order valence-corrected chi connectivity index (χ2v) is 5.68. The maximum Gasteiger partial charge on any atom is 0.490 e. The first-order chi connectivity index (χ1) is 12.4. The summed E-state index contributed by atoms with van der Waals surface area (Å²) in [5.41, 5.74) is 5.16. The van der Waals surface area contributed by atoms with Crippen LogP contribution in [0, 0.1) is 0 Å². The molecule has 1 aliphatic heterocycles. The van der Waals surface area contributed by atoms with Gasteiger partial charge in [0.15, 0.2) is 17.2 Å². The zero-order valence-corrected chi connectivity index (χ0v) is 13.7. The van der Waals surface area contributed by atoms with Crippen molar-refractivity contribution in [2.75, 3.05) is 12.3 Å². The third-order valence-corrected chi connectivity index (χ3v) is 3.91. The van der Waals surface area contributed by atoms with Gasteiger partial charge in [0, 0.05) is 0 Å². The van der Waals surface area contributed by atoms with Crippen molar-refractivity contribution in [3.05, 3.63) is 12.7 Å². The zero-order chi connectivity index (χ0) is 20.6. The van der Waals surface area contributed by atoms with Crippen molar-refractivity contribution in [1.29, 1.82) is 0 Å². The summed E-state index contributed by atoms with van der Waals surface area (Å²) in [5, 5.41) is 36.4. The van der Waals surface area contributed by atoms with Gasteiger partial charge in [-0.3, -0.25) is 4.57 Å². The Kier molecular flexibility index (Phi) is 5.55. The molecule has 1 aliphatic rings. The first kappa shape index (κ1) is 20.8. The van der Waals surface area contributed by atoms with Gasteiger partial charge in [-0.25, -0.2) is 19.7 Å². The van der Waals surface area contributed by atoms with Crippen LogP contribution in [-0.4, -0.2) is 77.0 Å². The molecule has 0 saturated carbocycles. The number of hydrogen-bond acceptors (Lipinski definition) is 9. The number of rotatable bonds is 2. The molecule has 150 valence electrons. The molecule has 0 aromatic carbocycles. The molecule has 0 bridgehead atoms. The van der Waals surface area contributed by atoms with Crippen LogP contribution in [0.1, 0.15) is 6.92 Å². The second kappa shape index (κ2) is 7.22. The molecule has 4 atom stereocenters. The number of alkyl halides is 3. The van der Waals surface area contributed by atoms with Crippen LogP contribution >= 0.6 is 0 Å². The van der Waals surface area contributed by atoms with Gasteiger partial charge in [0.25, 0.3) is 0 Å². The van der Waals surface area contributed by atoms with Gasteiger partial charge in [-0.1, -0.05) is 0 Å². The van der Waals surface area contributed by atoms with Crippen LogP contribution in [0.15, 0.2) is 12.7 Å². The van der Waals surface area contributed by atoms with E-state index in [2.05, 4.69) is 15.0 Å². The van der Waals surface area contributed by atoms with Crippen molar-refractivity contribution < 1.29 is 43.1 Å². The minimum absolute atomic E-state index is 0.212. The van der Waals surface area contributed by atoms with Gasteiger partial charge >= 0.3 is 12.1 Å². The average Bonchev–Trinajstić information content (AvgIpc) is 3.12. The topological polar surface area (TPSA) is 177 Å². The third kappa shape index (κ3) is 3.78. The highest BCUT2D eigenvalue weighted by molar-refractivity contribution is 5.81. The van der Waals surface area contributed by atoms with E-state index < -0.39 is 42.8 Å². The Labute approximate surface area is 148 Å². The predicted molar refractivity (Wildman–Crippen MR) is 81.0 cm³/mol. The lowest BCUT2D eigenvalue weighted by molar-refractivity contribution is -0.192. The lowest BCUT2D eigenvalue weighted by Gasteiger charge is -2.29. The number of nitrogen functional groups attached to an aromatic ring is 1. The summed E-state index contributed by atoms with van der Waals surface area (Å²) in [6, 6.07) is 0. The van der Waals surface area contributed by atoms with E-state index in [0.29, 0.717) is 11.2 Å². The smallest absolute Gasteiger partial charge is 0.475 e. The van der Waals surface area contributed by atoms with E-state index in [0.717, 1.165) is 0 Å². The Bertz CT molecular complexity index is 830. The van der Waals surface area contributed by atoms with Gasteiger partial charge < -0.3 is 30.9 Å². The quantitative estimate of drug-likeness (QED) is 0.416. The number of nitrogens with two attached hydrogens (primary N) is 1. The molecule has 11 nitrogen and oxygen atoms in total. The Balaban J connectivity index is 0.000000321. The normalized spacial score (nSPS) is 28.0. The summed E-state index contributed by atoms with van der Waals surface area (Å²) in [7, 11) is 0. The van der Waals surface area contributed by atoms with Crippen molar-refractivity contribution in [3.8, 4) is 0 Å². The highest BCUT2D eigenvalue weighted by atomic mass is 19.4. The number of carbonyl (C=O) groups is 1.